The van der Waals surface area contributed by atoms with Crippen molar-refractivity contribution in [2.75, 3.05) is 12.0 Å². The van der Waals surface area contributed by atoms with Gasteiger partial charge < -0.3 is 0 Å². The van der Waals surface area contributed by atoms with Crippen LogP contribution < -0.4 is 0 Å². The van der Waals surface area contributed by atoms with Gasteiger partial charge in [0.25, 0.3) is 0 Å². The lowest BCUT2D eigenvalue weighted by molar-refractivity contribution is 0.752. The molecule has 2 heteroatoms. The molecule has 0 nitrogen and oxygen atoms in total. The fourth-order valence-corrected chi connectivity index (χ4v) is 1.84. The molecule has 0 atom stereocenters. The number of hydrogen-bond donors (Lipinski definition) is 0. The average molecular weight is 136 g/mol. The first-order valence-electron chi connectivity index (χ1n) is 2.43. The van der Waals surface area contributed by atoms with E-state index in [9.17, 15) is 0 Å². The molecule has 0 fully saturated rings. The van der Waals surface area contributed by atoms with Gasteiger partial charge in [-0.2, -0.15) is 0 Å². The molecule has 0 heterocycles. The zero-order valence-corrected chi connectivity index (χ0v) is 6.73. The third kappa shape index (κ3) is 6.70. The summed E-state index contributed by atoms with van der Waals surface area (Å²) in [5.41, 5.74) is 0. The maximum atomic E-state index is 2.24. The highest BCUT2D eigenvalue weighted by Gasteiger charge is 1.89. The van der Waals surface area contributed by atoms with Crippen LogP contribution in [0.2, 0.25) is 0 Å². The van der Waals surface area contributed by atoms with Crippen LogP contribution in [0.5, 0.6) is 0 Å². The Morgan fingerprint density at radius 1 is 1.43 bits per heavy atom. The summed E-state index contributed by atoms with van der Waals surface area (Å²) in [6.07, 6.45) is 2.12. The van der Waals surface area contributed by atoms with Crippen LogP contribution in [0.3, 0.4) is 0 Å². The van der Waals surface area contributed by atoms with Crippen LogP contribution in [0.15, 0.2) is 0 Å². The molecule has 0 aliphatic carbocycles. The minimum absolute atomic E-state index is 0.845. The van der Waals surface area contributed by atoms with Gasteiger partial charge in [-0.25, -0.2) is 0 Å². The second-order valence-electron chi connectivity index (χ2n) is 1.85. The molecule has 0 saturated heterocycles. The van der Waals surface area contributed by atoms with Gasteiger partial charge in [0.05, 0.1) is 0 Å². The molecule has 0 unspecified atom stereocenters. The van der Waals surface area contributed by atoms with Crippen molar-refractivity contribution in [3.8, 4) is 0 Å². The molecule has 0 bridgehead atoms. The fourth-order valence-electron chi connectivity index (χ4n) is 0.204. The lowest BCUT2D eigenvalue weighted by Gasteiger charge is -1.98. The van der Waals surface area contributed by atoms with Gasteiger partial charge >= 0.3 is 0 Å². The summed E-state index contributed by atoms with van der Waals surface area (Å²) in [5.74, 6) is 2.12. The van der Waals surface area contributed by atoms with Crippen LogP contribution >= 0.6 is 21.6 Å². The van der Waals surface area contributed by atoms with Gasteiger partial charge in [-0.15, -0.1) is 0 Å². The van der Waals surface area contributed by atoms with Crippen molar-refractivity contribution in [1.29, 1.82) is 0 Å². The van der Waals surface area contributed by atoms with Crippen LogP contribution in [0.4, 0.5) is 0 Å². The van der Waals surface area contributed by atoms with E-state index in [2.05, 4.69) is 20.1 Å². The zero-order valence-electron chi connectivity index (χ0n) is 5.10. The van der Waals surface area contributed by atoms with Gasteiger partial charge in [-0.3, -0.25) is 0 Å². The Balaban J connectivity index is 2.68. The summed E-state index contributed by atoms with van der Waals surface area (Å²) < 4.78 is 0. The topological polar surface area (TPSA) is 0 Å². The maximum Gasteiger partial charge on any atom is 0.00599 e. The summed E-state index contributed by atoms with van der Waals surface area (Å²) in [5, 5.41) is 0. The summed E-state index contributed by atoms with van der Waals surface area (Å²) >= 11 is 0. The Bertz CT molecular complexity index is 35.1. The average Bonchev–Trinajstić information content (AvgIpc) is 1.61. The van der Waals surface area contributed by atoms with E-state index in [4.69, 9.17) is 0 Å². The molecule has 0 amide bonds. The van der Waals surface area contributed by atoms with Crippen molar-refractivity contribution in [2.24, 2.45) is 5.92 Å². The smallest absolute Gasteiger partial charge is 0.00599 e. The van der Waals surface area contributed by atoms with Gasteiger partial charge in [0.15, 0.2) is 0 Å². The summed E-state index contributed by atoms with van der Waals surface area (Å²) in [7, 11) is 3.78. The minimum atomic E-state index is 0.845. The van der Waals surface area contributed by atoms with Gasteiger partial charge in [-0.05, 0) is 12.2 Å². The van der Waals surface area contributed by atoms with Crippen molar-refractivity contribution in [2.45, 2.75) is 13.8 Å². The predicted molar refractivity (Wildman–Crippen MR) is 40.8 cm³/mol. The first kappa shape index (κ1) is 7.70. The van der Waals surface area contributed by atoms with E-state index in [0.29, 0.717) is 0 Å². The molecule has 0 aromatic carbocycles. The zero-order chi connectivity index (χ0) is 5.70. The van der Waals surface area contributed by atoms with E-state index in [-0.39, 0.29) is 0 Å². The highest BCUT2D eigenvalue weighted by Crippen LogP contribution is 2.19. The summed E-state index contributed by atoms with van der Waals surface area (Å²) in [6, 6.07) is 0. The molecule has 0 aliphatic rings. The SMILES string of the molecule is CSSCC(C)C. The van der Waals surface area contributed by atoms with Gasteiger partial charge in [0.2, 0.25) is 0 Å². The lowest BCUT2D eigenvalue weighted by atomic mass is 10.3. The van der Waals surface area contributed by atoms with E-state index < -0.39 is 0 Å². The summed E-state index contributed by atoms with van der Waals surface area (Å²) in [6.45, 7) is 4.48. The van der Waals surface area contributed by atoms with Crippen molar-refractivity contribution >= 4 is 21.6 Å². The first-order chi connectivity index (χ1) is 3.27. The molecular formula is C5H12S2. The fraction of sp³-hybridized carbons (Fsp3) is 1.00. The number of hydrogen-bond acceptors (Lipinski definition) is 2. The van der Waals surface area contributed by atoms with E-state index in [1.807, 2.05) is 21.6 Å². The van der Waals surface area contributed by atoms with Gasteiger partial charge in [0, 0.05) is 5.75 Å². The van der Waals surface area contributed by atoms with E-state index in [1.54, 1.807) is 0 Å². The Kier molecular flexibility index (Phi) is 5.33. The van der Waals surface area contributed by atoms with Crippen LogP contribution in [-0.4, -0.2) is 12.0 Å². The summed E-state index contributed by atoms with van der Waals surface area (Å²) in [4.78, 5) is 0. The minimum Gasteiger partial charge on any atom is -0.0976 e. The van der Waals surface area contributed by atoms with Crippen molar-refractivity contribution < 1.29 is 0 Å². The van der Waals surface area contributed by atoms with Gasteiger partial charge in [0.1, 0.15) is 0 Å². The van der Waals surface area contributed by atoms with E-state index in [1.165, 1.54) is 5.75 Å². The van der Waals surface area contributed by atoms with Crippen molar-refractivity contribution in [3.63, 3.8) is 0 Å². The predicted octanol–water partition coefficient (Wildman–Crippen LogP) is 2.65. The molecule has 7 heavy (non-hydrogen) atoms. The third-order valence-corrected chi connectivity index (χ3v) is 2.67. The molecule has 0 spiro atoms. The molecule has 0 rings (SSSR count). The van der Waals surface area contributed by atoms with E-state index >= 15 is 0 Å². The molecule has 0 aliphatic heterocycles. The van der Waals surface area contributed by atoms with Crippen LogP contribution in [-0.2, 0) is 0 Å². The molecule has 0 aromatic heterocycles. The normalized spacial score (nSPS) is 10.3. The molecular weight excluding hydrogens is 124 g/mol. The van der Waals surface area contributed by atoms with Crippen molar-refractivity contribution in [3.05, 3.63) is 0 Å². The Morgan fingerprint density at radius 3 is 2.14 bits per heavy atom. The molecule has 44 valence electrons. The molecule has 0 radical (unpaired) electrons. The van der Waals surface area contributed by atoms with Crippen LogP contribution in [0.1, 0.15) is 13.8 Å². The molecule has 0 N–H and O–H groups in total. The van der Waals surface area contributed by atoms with Gasteiger partial charge in [-0.1, -0.05) is 35.4 Å². The maximum absolute atomic E-state index is 2.24. The Hall–Kier alpha value is 0.700. The third-order valence-electron chi connectivity index (χ3n) is 0.519. The first-order valence-corrected chi connectivity index (χ1v) is 5.15. The highest BCUT2D eigenvalue weighted by atomic mass is 33.1. The van der Waals surface area contributed by atoms with Crippen LogP contribution in [0, 0.1) is 5.92 Å². The second-order valence-corrected chi connectivity index (χ2v) is 4.45. The quantitative estimate of drug-likeness (QED) is 0.547. The highest BCUT2D eigenvalue weighted by molar-refractivity contribution is 8.76. The second kappa shape index (κ2) is 4.85. The monoisotopic (exact) mass is 136 g/mol. The number of rotatable bonds is 3. The van der Waals surface area contributed by atoms with Crippen LogP contribution in [0.25, 0.3) is 0 Å². The molecule has 0 saturated carbocycles. The molecule has 0 aromatic rings. The lowest BCUT2D eigenvalue weighted by Crippen LogP contribution is -1.86. The van der Waals surface area contributed by atoms with Crippen molar-refractivity contribution in [1.82, 2.24) is 0 Å². The standard InChI is InChI=1S/C5H12S2/c1-5(2)4-7-6-3/h5H,4H2,1-3H3. The largest absolute Gasteiger partial charge is 0.0976 e. The Morgan fingerprint density at radius 2 is 2.00 bits per heavy atom. The van der Waals surface area contributed by atoms with E-state index in [0.717, 1.165) is 5.92 Å². The Labute approximate surface area is 53.8 Å².